The maximum absolute atomic E-state index is 11.8. The number of ether oxygens (including phenoxy) is 1. The lowest BCUT2D eigenvalue weighted by atomic mass is 9.60. The van der Waals surface area contributed by atoms with Gasteiger partial charge in [-0.25, -0.2) is 13.4 Å². The molecule has 3 rings (SSSR count). The van der Waals surface area contributed by atoms with Crippen LogP contribution in [0, 0.1) is 12.3 Å². The third-order valence-corrected chi connectivity index (χ3v) is 7.66. The van der Waals surface area contributed by atoms with Gasteiger partial charge in [0.05, 0.1) is 17.5 Å². The maximum atomic E-state index is 11.8. The first-order valence-corrected chi connectivity index (χ1v) is 12.7. The zero-order chi connectivity index (χ0) is 21.1. The van der Waals surface area contributed by atoms with Gasteiger partial charge in [0.15, 0.2) is 15.8 Å². The summed E-state index contributed by atoms with van der Waals surface area (Å²) in [7, 11) is -3.20. The molecule has 0 heterocycles. The van der Waals surface area contributed by atoms with E-state index in [4.69, 9.17) is 9.73 Å². The molecule has 0 radical (unpaired) electrons. The minimum atomic E-state index is -3.20. The van der Waals surface area contributed by atoms with Crippen LogP contribution in [0.15, 0.2) is 28.1 Å². The predicted molar refractivity (Wildman–Crippen MR) is 132 cm³/mol. The third kappa shape index (κ3) is 5.48. The number of aliphatic imine (C=N–C) groups is 1. The highest BCUT2D eigenvalue weighted by molar-refractivity contribution is 14.0. The largest absolute Gasteiger partial charge is 0.378 e. The fourth-order valence-electron chi connectivity index (χ4n) is 4.97. The van der Waals surface area contributed by atoms with Crippen LogP contribution in [-0.2, 0) is 21.1 Å². The number of guanidine groups is 1. The molecule has 2 saturated carbocycles. The molecule has 170 valence electrons. The Morgan fingerprint density at radius 1 is 1.27 bits per heavy atom. The Hall–Kier alpha value is -0.870. The molecule has 0 aromatic heterocycles. The van der Waals surface area contributed by atoms with Crippen LogP contribution in [0.4, 0.5) is 0 Å². The first-order chi connectivity index (χ1) is 13.8. The molecule has 0 saturated heterocycles. The first-order valence-electron chi connectivity index (χ1n) is 10.8. The fraction of sp³-hybridized carbons (Fsp3) is 0.682. The molecule has 2 fully saturated rings. The van der Waals surface area contributed by atoms with E-state index >= 15 is 0 Å². The second-order valence-corrected chi connectivity index (χ2v) is 10.4. The molecule has 0 amide bonds. The number of sulfone groups is 1. The van der Waals surface area contributed by atoms with E-state index in [0.29, 0.717) is 23.6 Å². The molecule has 30 heavy (non-hydrogen) atoms. The summed E-state index contributed by atoms with van der Waals surface area (Å²) in [6, 6.07) is 5.84. The Labute approximate surface area is 198 Å². The lowest BCUT2D eigenvalue weighted by Crippen LogP contribution is -2.65. The highest BCUT2D eigenvalue weighted by atomic mass is 127. The summed E-state index contributed by atoms with van der Waals surface area (Å²) in [4.78, 5) is 5.15. The summed E-state index contributed by atoms with van der Waals surface area (Å²) in [5.74, 6) is 0.823. The van der Waals surface area contributed by atoms with Gasteiger partial charge in [-0.1, -0.05) is 25.0 Å². The Morgan fingerprint density at radius 2 is 1.97 bits per heavy atom. The van der Waals surface area contributed by atoms with Gasteiger partial charge in [0.1, 0.15) is 0 Å². The van der Waals surface area contributed by atoms with Crippen LogP contribution in [-0.4, -0.2) is 45.9 Å². The van der Waals surface area contributed by atoms with Gasteiger partial charge in [-0.3, -0.25) is 0 Å². The Morgan fingerprint density at radius 3 is 2.53 bits per heavy atom. The molecule has 1 aromatic carbocycles. The van der Waals surface area contributed by atoms with Gasteiger partial charge >= 0.3 is 0 Å². The molecule has 0 bridgehead atoms. The van der Waals surface area contributed by atoms with Crippen molar-refractivity contribution in [2.75, 3.05) is 19.4 Å². The number of nitrogens with one attached hydrogen (secondary N) is 2. The number of nitrogens with zero attached hydrogens (tertiary/aromatic N) is 1. The second kappa shape index (κ2) is 10.6. The van der Waals surface area contributed by atoms with Gasteiger partial charge in [0.25, 0.3) is 0 Å². The van der Waals surface area contributed by atoms with E-state index in [0.717, 1.165) is 36.7 Å². The number of aryl methyl sites for hydroxylation is 1. The lowest BCUT2D eigenvalue weighted by Gasteiger charge is -2.54. The van der Waals surface area contributed by atoms with Gasteiger partial charge in [0, 0.05) is 30.9 Å². The minimum absolute atomic E-state index is 0. The van der Waals surface area contributed by atoms with Crippen LogP contribution >= 0.6 is 24.0 Å². The quantitative estimate of drug-likeness (QED) is 0.307. The van der Waals surface area contributed by atoms with Crippen LogP contribution in [0.3, 0.4) is 0 Å². The first kappa shape index (κ1) is 25.4. The predicted octanol–water partition coefficient (Wildman–Crippen LogP) is 3.81. The van der Waals surface area contributed by atoms with Crippen LogP contribution in [0.1, 0.15) is 57.1 Å². The summed E-state index contributed by atoms with van der Waals surface area (Å²) >= 11 is 0. The lowest BCUT2D eigenvalue weighted by molar-refractivity contribution is -0.125. The molecule has 2 N–H and O–H groups in total. The van der Waals surface area contributed by atoms with Crippen molar-refractivity contribution in [3.05, 3.63) is 29.3 Å². The highest BCUT2D eigenvalue weighted by Gasteiger charge is 2.56. The standard InChI is InChI=1S/C22H35N3O3S.HI/c1-5-23-21(24-15-17-9-10-18(16(3)13-17)29(4,26)27)25-19-14-20(28-6-2)22(19)11-7-8-12-22;/h9-10,13,19-20H,5-8,11-12,14-15H2,1-4H3,(H2,23,24,25);1H. The van der Waals surface area contributed by atoms with Crippen molar-refractivity contribution < 1.29 is 13.2 Å². The van der Waals surface area contributed by atoms with E-state index in [2.05, 4.69) is 24.5 Å². The number of halogens is 1. The van der Waals surface area contributed by atoms with E-state index < -0.39 is 9.84 Å². The van der Waals surface area contributed by atoms with E-state index in [1.165, 1.54) is 31.9 Å². The van der Waals surface area contributed by atoms with E-state index in [9.17, 15) is 8.42 Å². The second-order valence-electron chi connectivity index (χ2n) is 8.38. The van der Waals surface area contributed by atoms with Crippen molar-refractivity contribution in [1.82, 2.24) is 10.6 Å². The van der Waals surface area contributed by atoms with Crippen molar-refractivity contribution in [3.63, 3.8) is 0 Å². The molecule has 2 unspecified atom stereocenters. The number of benzene rings is 1. The van der Waals surface area contributed by atoms with Crippen molar-refractivity contribution in [3.8, 4) is 0 Å². The number of hydrogen-bond donors (Lipinski definition) is 2. The van der Waals surface area contributed by atoms with Crippen LogP contribution in [0.5, 0.6) is 0 Å². The number of hydrogen-bond acceptors (Lipinski definition) is 4. The third-order valence-electron chi connectivity index (χ3n) is 6.40. The van der Waals surface area contributed by atoms with Crippen molar-refractivity contribution in [2.45, 2.75) is 76.5 Å². The molecule has 1 aromatic rings. The van der Waals surface area contributed by atoms with Gasteiger partial charge in [-0.05, 0) is 57.2 Å². The molecule has 1 spiro atoms. The Bertz CT molecular complexity index is 851. The van der Waals surface area contributed by atoms with Crippen LogP contribution < -0.4 is 10.6 Å². The zero-order valence-corrected chi connectivity index (χ0v) is 21.7. The van der Waals surface area contributed by atoms with Gasteiger partial charge in [-0.15, -0.1) is 24.0 Å². The van der Waals surface area contributed by atoms with Gasteiger partial charge in [0.2, 0.25) is 0 Å². The van der Waals surface area contributed by atoms with Crippen molar-refractivity contribution in [1.29, 1.82) is 0 Å². The molecule has 2 atom stereocenters. The molecular formula is C22H36IN3O3S. The highest BCUT2D eigenvalue weighted by Crippen LogP contribution is 2.54. The summed E-state index contributed by atoms with van der Waals surface area (Å²) in [5, 5.41) is 7.02. The topological polar surface area (TPSA) is 79.8 Å². The minimum Gasteiger partial charge on any atom is -0.378 e. The average molecular weight is 550 g/mol. The molecule has 6 nitrogen and oxygen atoms in total. The summed E-state index contributed by atoms with van der Waals surface area (Å²) in [5.41, 5.74) is 2.02. The van der Waals surface area contributed by atoms with Crippen LogP contribution in [0.25, 0.3) is 0 Å². The van der Waals surface area contributed by atoms with E-state index in [1.54, 1.807) is 6.07 Å². The normalized spacial score (nSPS) is 23.0. The van der Waals surface area contributed by atoms with Crippen molar-refractivity contribution in [2.24, 2.45) is 10.4 Å². The summed E-state index contributed by atoms with van der Waals surface area (Å²) in [6.45, 7) is 8.06. The molecular weight excluding hydrogens is 513 g/mol. The van der Waals surface area contributed by atoms with Crippen molar-refractivity contribution >= 4 is 39.8 Å². The smallest absolute Gasteiger partial charge is 0.191 e. The van der Waals surface area contributed by atoms with E-state index in [-0.39, 0.29) is 29.4 Å². The van der Waals surface area contributed by atoms with Gasteiger partial charge < -0.3 is 15.4 Å². The van der Waals surface area contributed by atoms with Crippen LogP contribution in [0.2, 0.25) is 0 Å². The zero-order valence-electron chi connectivity index (χ0n) is 18.5. The number of rotatable bonds is 7. The summed E-state index contributed by atoms with van der Waals surface area (Å²) in [6.07, 6.45) is 7.64. The Balaban J connectivity index is 0.00000320. The average Bonchev–Trinajstić information content (AvgIpc) is 3.17. The fourth-order valence-corrected chi connectivity index (χ4v) is 5.93. The molecule has 0 aliphatic heterocycles. The Kier molecular flexibility index (Phi) is 9.00. The SMILES string of the molecule is CCNC(=NCc1ccc(S(C)(=O)=O)c(C)c1)NC1CC(OCC)C12CCCC2.I. The molecule has 2 aliphatic rings. The van der Waals surface area contributed by atoms with E-state index in [1.807, 2.05) is 19.1 Å². The molecule has 2 aliphatic carbocycles. The van der Waals surface area contributed by atoms with Gasteiger partial charge in [-0.2, -0.15) is 0 Å². The molecule has 8 heteroatoms. The monoisotopic (exact) mass is 549 g/mol. The summed E-state index contributed by atoms with van der Waals surface area (Å²) < 4.78 is 29.6. The maximum Gasteiger partial charge on any atom is 0.191 e.